The Kier molecular flexibility index (Phi) is 2.26. The van der Waals surface area contributed by atoms with Crippen molar-refractivity contribution in [1.82, 2.24) is 0 Å². The van der Waals surface area contributed by atoms with Crippen LogP contribution >= 0.6 is 22.9 Å². The summed E-state index contributed by atoms with van der Waals surface area (Å²) in [6, 6.07) is 5.50. The van der Waals surface area contributed by atoms with Gasteiger partial charge in [0.1, 0.15) is 0 Å². The second kappa shape index (κ2) is 3.28. The highest BCUT2D eigenvalue weighted by atomic mass is 35.5. The predicted octanol–water partition coefficient (Wildman–Crippen LogP) is 4.09. The maximum atomic E-state index is 12.9. The minimum atomic E-state index is -0.134. The lowest BCUT2D eigenvalue weighted by Crippen LogP contribution is -1.79. The van der Waals surface area contributed by atoms with E-state index in [0.717, 1.165) is 21.2 Å². The van der Waals surface area contributed by atoms with Gasteiger partial charge in [-0.25, -0.2) is 0 Å². The number of hydrogen-bond donors (Lipinski definition) is 0. The first-order valence-electron chi connectivity index (χ1n) is 3.95. The molecule has 0 radical (unpaired) electrons. The maximum Gasteiger partial charge on any atom is 0.177 e. The Balaban J connectivity index is 2.75. The molecule has 0 nitrogen and oxygen atoms in total. The molecule has 0 amide bonds. The molecular formula is C10H8ClFS. The van der Waals surface area contributed by atoms with Gasteiger partial charge < -0.3 is 0 Å². The molecule has 0 atom stereocenters. The van der Waals surface area contributed by atoms with Gasteiger partial charge in [-0.2, -0.15) is 4.39 Å². The van der Waals surface area contributed by atoms with Crippen LogP contribution in [0.4, 0.5) is 4.39 Å². The fraction of sp³-hybridized carbons (Fsp3) is 0.200. The molecule has 0 bridgehead atoms. The maximum absolute atomic E-state index is 12.9. The summed E-state index contributed by atoms with van der Waals surface area (Å²) < 4.78 is 13.9. The van der Waals surface area contributed by atoms with Crippen LogP contribution in [0.3, 0.4) is 0 Å². The first kappa shape index (κ1) is 8.97. The largest absolute Gasteiger partial charge is 0.195 e. The van der Waals surface area contributed by atoms with Crippen LogP contribution in [0.25, 0.3) is 10.1 Å². The van der Waals surface area contributed by atoms with E-state index in [4.69, 9.17) is 11.6 Å². The first-order chi connectivity index (χ1) is 6.20. The number of halogens is 2. The summed E-state index contributed by atoms with van der Waals surface area (Å²) in [6.45, 7) is 1.98. The third-order valence-electron chi connectivity index (χ3n) is 1.99. The lowest BCUT2D eigenvalue weighted by molar-refractivity contribution is 0.658. The van der Waals surface area contributed by atoms with E-state index in [9.17, 15) is 4.39 Å². The summed E-state index contributed by atoms with van der Waals surface area (Å²) in [4.78, 5) is 0. The van der Waals surface area contributed by atoms with Gasteiger partial charge in [-0.1, -0.05) is 6.07 Å². The summed E-state index contributed by atoms with van der Waals surface area (Å²) in [5.74, 6) is 0.480. The highest BCUT2D eigenvalue weighted by Crippen LogP contribution is 2.29. The molecule has 1 aromatic heterocycles. The molecule has 0 aliphatic carbocycles. The fourth-order valence-corrected chi connectivity index (χ4v) is 2.44. The monoisotopic (exact) mass is 214 g/mol. The van der Waals surface area contributed by atoms with Gasteiger partial charge >= 0.3 is 0 Å². The van der Waals surface area contributed by atoms with E-state index in [1.165, 1.54) is 11.3 Å². The molecule has 0 aliphatic heterocycles. The molecule has 1 aromatic carbocycles. The van der Waals surface area contributed by atoms with E-state index in [0.29, 0.717) is 5.88 Å². The van der Waals surface area contributed by atoms with Crippen molar-refractivity contribution in [1.29, 1.82) is 0 Å². The molecule has 2 aromatic rings. The second-order valence-corrected chi connectivity index (χ2v) is 4.28. The molecule has 0 saturated heterocycles. The highest BCUT2D eigenvalue weighted by molar-refractivity contribution is 7.17. The molecule has 3 heteroatoms. The van der Waals surface area contributed by atoms with E-state index in [1.54, 1.807) is 6.07 Å². The van der Waals surface area contributed by atoms with Crippen molar-refractivity contribution in [3.63, 3.8) is 0 Å². The van der Waals surface area contributed by atoms with E-state index >= 15 is 0 Å². The summed E-state index contributed by atoms with van der Waals surface area (Å²) >= 11 is 6.90. The molecular weight excluding hydrogens is 207 g/mol. The van der Waals surface area contributed by atoms with Crippen LogP contribution < -0.4 is 0 Å². The van der Waals surface area contributed by atoms with E-state index in [2.05, 4.69) is 0 Å². The summed E-state index contributed by atoms with van der Waals surface area (Å²) in [5, 5.41) is 0.822. The van der Waals surface area contributed by atoms with Crippen molar-refractivity contribution in [2.75, 3.05) is 0 Å². The van der Waals surface area contributed by atoms with Crippen LogP contribution in [-0.4, -0.2) is 0 Å². The third-order valence-corrected chi connectivity index (χ3v) is 3.37. The van der Waals surface area contributed by atoms with Crippen LogP contribution in [0.5, 0.6) is 0 Å². The second-order valence-electron chi connectivity index (χ2n) is 3.02. The Labute approximate surface area is 85.0 Å². The van der Waals surface area contributed by atoms with Crippen molar-refractivity contribution >= 4 is 33.0 Å². The van der Waals surface area contributed by atoms with E-state index in [1.807, 2.05) is 19.1 Å². The number of thiophene rings is 1. The lowest BCUT2D eigenvalue weighted by atomic mass is 10.1. The Morgan fingerprint density at radius 2 is 2.15 bits per heavy atom. The van der Waals surface area contributed by atoms with Crippen LogP contribution in [0.1, 0.15) is 11.1 Å². The normalized spacial score (nSPS) is 11.0. The van der Waals surface area contributed by atoms with Crippen molar-refractivity contribution in [2.45, 2.75) is 12.8 Å². The molecule has 0 spiro atoms. The number of alkyl halides is 1. The molecule has 0 unspecified atom stereocenters. The molecule has 2 rings (SSSR count). The quantitative estimate of drug-likeness (QED) is 0.628. The van der Waals surface area contributed by atoms with Gasteiger partial charge in [-0.3, -0.25) is 0 Å². The summed E-state index contributed by atoms with van der Waals surface area (Å²) in [7, 11) is 0. The molecule has 0 aliphatic rings. The molecule has 13 heavy (non-hydrogen) atoms. The van der Waals surface area contributed by atoms with Crippen LogP contribution in [0.2, 0.25) is 0 Å². The zero-order chi connectivity index (χ0) is 9.42. The Morgan fingerprint density at radius 3 is 2.85 bits per heavy atom. The van der Waals surface area contributed by atoms with E-state index in [-0.39, 0.29) is 5.13 Å². The number of rotatable bonds is 1. The van der Waals surface area contributed by atoms with Gasteiger partial charge in [0, 0.05) is 10.6 Å². The van der Waals surface area contributed by atoms with Gasteiger partial charge in [0.2, 0.25) is 0 Å². The first-order valence-corrected chi connectivity index (χ1v) is 5.30. The molecule has 68 valence electrons. The minimum absolute atomic E-state index is 0.134. The topological polar surface area (TPSA) is 0 Å². The smallest absolute Gasteiger partial charge is 0.177 e. The zero-order valence-corrected chi connectivity index (χ0v) is 8.68. The fourth-order valence-electron chi connectivity index (χ4n) is 1.45. The average molecular weight is 215 g/mol. The molecule has 0 saturated carbocycles. The highest BCUT2D eigenvalue weighted by Gasteiger charge is 2.05. The number of fused-ring (bicyclic) bond motifs is 1. The van der Waals surface area contributed by atoms with Gasteiger partial charge in [0.15, 0.2) is 5.13 Å². The summed E-state index contributed by atoms with van der Waals surface area (Å²) in [6.07, 6.45) is 0. The van der Waals surface area contributed by atoms with Crippen molar-refractivity contribution in [2.24, 2.45) is 0 Å². The standard InChI is InChI=1S/C10H8ClFS/c1-6-2-7(5-11)3-8-4-9(12)13-10(6)8/h2-4H,5H2,1H3. The van der Waals surface area contributed by atoms with Crippen LogP contribution in [0.15, 0.2) is 18.2 Å². The number of aryl methyl sites for hydroxylation is 1. The van der Waals surface area contributed by atoms with Crippen LogP contribution in [-0.2, 0) is 5.88 Å². The number of hydrogen-bond acceptors (Lipinski definition) is 1. The van der Waals surface area contributed by atoms with Crippen molar-refractivity contribution in [3.05, 3.63) is 34.5 Å². The van der Waals surface area contributed by atoms with E-state index < -0.39 is 0 Å². The van der Waals surface area contributed by atoms with Gasteiger partial charge in [0.05, 0.1) is 0 Å². The van der Waals surface area contributed by atoms with Gasteiger partial charge in [0.25, 0.3) is 0 Å². The van der Waals surface area contributed by atoms with Crippen molar-refractivity contribution in [3.8, 4) is 0 Å². The lowest BCUT2D eigenvalue weighted by Gasteiger charge is -1.99. The van der Waals surface area contributed by atoms with Crippen LogP contribution in [0, 0.1) is 12.1 Å². The summed E-state index contributed by atoms with van der Waals surface area (Å²) in [5.41, 5.74) is 2.14. The third kappa shape index (κ3) is 1.56. The Bertz CT molecular complexity index is 447. The molecule has 1 heterocycles. The Morgan fingerprint density at radius 1 is 1.38 bits per heavy atom. The molecule has 0 fully saturated rings. The van der Waals surface area contributed by atoms with Gasteiger partial charge in [-0.15, -0.1) is 22.9 Å². The molecule has 0 N–H and O–H groups in total. The van der Waals surface area contributed by atoms with Gasteiger partial charge in [-0.05, 0) is 35.6 Å². The number of benzene rings is 1. The zero-order valence-electron chi connectivity index (χ0n) is 7.10. The predicted molar refractivity (Wildman–Crippen MR) is 56.1 cm³/mol. The Hall–Kier alpha value is -0.600. The minimum Gasteiger partial charge on any atom is -0.195 e. The SMILES string of the molecule is Cc1cc(CCl)cc2cc(F)sc12. The average Bonchev–Trinajstić information content (AvgIpc) is 2.46. The van der Waals surface area contributed by atoms with Crippen molar-refractivity contribution < 1.29 is 4.39 Å².